The van der Waals surface area contributed by atoms with Crippen molar-refractivity contribution in [3.05, 3.63) is 59.7 Å². The highest BCUT2D eigenvalue weighted by molar-refractivity contribution is 5.99. The van der Waals surface area contributed by atoms with E-state index in [9.17, 15) is 14.7 Å². The third-order valence-electron chi connectivity index (χ3n) is 7.52. The van der Waals surface area contributed by atoms with E-state index < -0.39 is 6.04 Å². The zero-order valence-electron chi connectivity index (χ0n) is 26.1. The number of anilines is 1. The highest BCUT2D eigenvalue weighted by Gasteiger charge is 2.30. The first-order chi connectivity index (χ1) is 20.1. The lowest BCUT2D eigenvalue weighted by atomic mass is 10.0. The number of fused-ring (bicyclic) bond motifs is 1. The Morgan fingerprint density at radius 3 is 2.55 bits per heavy atom. The molecule has 0 aliphatic carbocycles. The van der Waals surface area contributed by atoms with E-state index in [1.165, 1.54) is 5.56 Å². The van der Waals surface area contributed by atoms with Crippen molar-refractivity contribution in [2.75, 3.05) is 38.7 Å². The monoisotopic (exact) mass is 582 g/mol. The molecule has 3 rings (SSSR count). The average molecular weight is 583 g/mol. The fourth-order valence-electron chi connectivity index (χ4n) is 5.16. The highest BCUT2D eigenvalue weighted by atomic mass is 16.5. The van der Waals surface area contributed by atoms with Gasteiger partial charge in [-0.25, -0.2) is 4.79 Å². The van der Waals surface area contributed by atoms with E-state index in [4.69, 9.17) is 9.47 Å². The van der Waals surface area contributed by atoms with Crippen LogP contribution in [0.4, 0.5) is 10.5 Å². The number of benzene rings is 2. The summed E-state index contributed by atoms with van der Waals surface area (Å²) in [6, 6.07) is 14.7. The van der Waals surface area contributed by atoms with E-state index in [0.29, 0.717) is 36.7 Å². The molecule has 232 valence electrons. The first-order valence-corrected chi connectivity index (χ1v) is 15.2. The lowest BCUT2D eigenvalue weighted by molar-refractivity contribution is -0.0177. The van der Waals surface area contributed by atoms with E-state index in [0.717, 1.165) is 25.8 Å². The molecule has 3 amide bonds. The van der Waals surface area contributed by atoms with Gasteiger partial charge in [0.25, 0.3) is 5.91 Å². The second-order valence-corrected chi connectivity index (χ2v) is 11.9. The largest absolute Gasteiger partial charge is 0.490 e. The van der Waals surface area contributed by atoms with Gasteiger partial charge >= 0.3 is 6.03 Å². The summed E-state index contributed by atoms with van der Waals surface area (Å²) in [5.74, 6) is 0.204. The van der Waals surface area contributed by atoms with Crippen molar-refractivity contribution in [2.24, 2.45) is 5.92 Å². The van der Waals surface area contributed by atoms with E-state index in [1.54, 1.807) is 23.1 Å². The minimum atomic E-state index is -0.429. The molecule has 0 radical (unpaired) electrons. The molecule has 1 heterocycles. The van der Waals surface area contributed by atoms with Gasteiger partial charge in [-0.05, 0) is 77.8 Å². The van der Waals surface area contributed by atoms with Gasteiger partial charge in [0.1, 0.15) is 5.75 Å². The third kappa shape index (κ3) is 10.3. The van der Waals surface area contributed by atoms with Gasteiger partial charge in [-0.3, -0.25) is 9.69 Å². The molecule has 0 unspecified atom stereocenters. The summed E-state index contributed by atoms with van der Waals surface area (Å²) in [5.41, 5.74) is 2.08. The second kappa shape index (κ2) is 16.5. The Morgan fingerprint density at radius 1 is 1.12 bits per heavy atom. The van der Waals surface area contributed by atoms with E-state index in [1.807, 2.05) is 45.9 Å². The molecule has 0 aromatic heterocycles. The molecule has 0 saturated carbocycles. The standard InChI is InChI=1S/C33H50N4O5/c1-23(2)34-33(40)35-28-15-16-30-29(18-28)32(39)37(25(4)22-38)19-24(3)31(41-17-11-10-12-26(5)42-30)21-36(6)20-27-13-8-7-9-14-27/h7-9,13-16,18,23-26,31,38H,10-12,17,19-22H2,1-6H3,(H2,34,35,40)/t24-,25-,26-,31+/m1/s1. The summed E-state index contributed by atoms with van der Waals surface area (Å²) in [6.45, 7) is 12.1. The molecule has 9 nitrogen and oxygen atoms in total. The van der Waals surface area contributed by atoms with Gasteiger partial charge in [-0.15, -0.1) is 0 Å². The van der Waals surface area contributed by atoms with Crippen LogP contribution in [0, 0.1) is 5.92 Å². The fraction of sp³-hybridized carbons (Fsp3) is 0.576. The fourth-order valence-corrected chi connectivity index (χ4v) is 5.16. The maximum Gasteiger partial charge on any atom is 0.319 e. The molecule has 2 aromatic carbocycles. The van der Waals surface area contributed by atoms with E-state index in [2.05, 4.69) is 41.6 Å². The number of ether oxygens (including phenoxy) is 2. The second-order valence-electron chi connectivity index (χ2n) is 11.9. The smallest absolute Gasteiger partial charge is 0.319 e. The van der Waals surface area contributed by atoms with Gasteiger partial charge in [-0.2, -0.15) is 0 Å². The quantitative estimate of drug-likeness (QED) is 0.398. The Labute approximate surface area is 251 Å². The molecular formula is C33H50N4O5. The molecule has 42 heavy (non-hydrogen) atoms. The van der Waals surface area contributed by atoms with E-state index in [-0.39, 0.29) is 42.7 Å². The number of carbonyl (C=O) groups excluding carboxylic acids is 2. The summed E-state index contributed by atoms with van der Waals surface area (Å²) in [6.07, 6.45) is 2.45. The summed E-state index contributed by atoms with van der Waals surface area (Å²) >= 11 is 0. The molecule has 0 spiro atoms. The van der Waals surface area contributed by atoms with Gasteiger partial charge in [0.15, 0.2) is 0 Å². The molecule has 0 bridgehead atoms. The minimum Gasteiger partial charge on any atom is -0.490 e. The minimum absolute atomic E-state index is 0.00877. The molecule has 4 atom stereocenters. The first-order valence-electron chi connectivity index (χ1n) is 15.2. The van der Waals surface area contributed by atoms with Crippen molar-refractivity contribution in [3.63, 3.8) is 0 Å². The number of aliphatic hydroxyl groups excluding tert-OH is 1. The SMILES string of the molecule is CC(C)NC(=O)Nc1ccc2c(c1)C(=O)N([C@H](C)CO)C[C@@H](C)[C@H](CN(C)Cc1ccccc1)OCCCC[C@@H](C)O2. The number of hydrogen-bond acceptors (Lipinski definition) is 6. The van der Waals surface area contributed by atoms with Crippen molar-refractivity contribution in [1.82, 2.24) is 15.1 Å². The van der Waals surface area contributed by atoms with Crippen LogP contribution in [0.5, 0.6) is 5.75 Å². The maximum atomic E-state index is 14.2. The lowest BCUT2D eigenvalue weighted by Gasteiger charge is -2.36. The summed E-state index contributed by atoms with van der Waals surface area (Å²) in [4.78, 5) is 30.6. The zero-order chi connectivity index (χ0) is 30.6. The van der Waals surface area contributed by atoms with Crippen molar-refractivity contribution in [3.8, 4) is 5.75 Å². The van der Waals surface area contributed by atoms with Crippen molar-refractivity contribution >= 4 is 17.6 Å². The zero-order valence-corrected chi connectivity index (χ0v) is 26.1. The van der Waals surface area contributed by atoms with Gasteiger partial charge in [0.2, 0.25) is 0 Å². The van der Waals surface area contributed by atoms with Crippen LogP contribution in [-0.4, -0.2) is 84.5 Å². The molecule has 1 aliphatic rings. The number of aliphatic hydroxyl groups is 1. The van der Waals surface area contributed by atoms with E-state index >= 15 is 0 Å². The summed E-state index contributed by atoms with van der Waals surface area (Å²) < 4.78 is 12.7. The van der Waals surface area contributed by atoms with Crippen LogP contribution in [0.15, 0.2) is 48.5 Å². The Hall–Kier alpha value is -3.14. The van der Waals surface area contributed by atoms with Crippen LogP contribution >= 0.6 is 0 Å². The first kappa shape index (κ1) is 33.4. The molecule has 0 saturated heterocycles. The number of urea groups is 1. The number of nitrogens with one attached hydrogen (secondary N) is 2. The van der Waals surface area contributed by atoms with Gasteiger partial charge in [0, 0.05) is 43.9 Å². The molecule has 3 N–H and O–H groups in total. The molecule has 1 aliphatic heterocycles. The summed E-state index contributed by atoms with van der Waals surface area (Å²) in [5, 5.41) is 15.8. The van der Waals surface area contributed by atoms with Crippen LogP contribution in [-0.2, 0) is 11.3 Å². The Kier molecular flexibility index (Phi) is 13.1. The number of likely N-dealkylation sites (N-methyl/N-ethyl adjacent to an activating group) is 1. The highest BCUT2D eigenvalue weighted by Crippen LogP contribution is 2.28. The van der Waals surface area contributed by atoms with Crippen molar-refractivity contribution in [1.29, 1.82) is 0 Å². The van der Waals surface area contributed by atoms with Crippen LogP contribution in [0.25, 0.3) is 0 Å². The number of hydrogen-bond donors (Lipinski definition) is 3. The Bertz CT molecular complexity index is 1130. The van der Waals surface area contributed by atoms with Crippen LogP contribution in [0.1, 0.15) is 69.8 Å². The predicted molar refractivity (Wildman–Crippen MR) is 167 cm³/mol. The Morgan fingerprint density at radius 2 is 1.86 bits per heavy atom. The van der Waals surface area contributed by atoms with Crippen LogP contribution in [0.2, 0.25) is 0 Å². The molecule has 9 heteroatoms. The predicted octanol–water partition coefficient (Wildman–Crippen LogP) is 5.14. The van der Waals surface area contributed by atoms with Crippen LogP contribution in [0.3, 0.4) is 0 Å². The normalized spacial score (nSPS) is 21.3. The maximum absolute atomic E-state index is 14.2. The van der Waals surface area contributed by atoms with Gasteiger partial charge in [-0.1, -0.05) is 37.3 Å². The average Bonchev–Trinajstić information content (AvgIpc) is 2.94. The molecule has 2 aromatic rings. The molecule has 0 fully saturated rings. The van der Waals surface area contributed by atoms with Gasteiger partial charge in [0.05, 0.1) is 30.4 Å². The lowest BCUT2D eigenvalue weighted by Crippen LogP contribution is -2.47. The van der Waals surface area contributed by atoms with Crippen molar-refractivity contribution in [2.45, 2.75) is 84.7 Å². The van der Waals surface area contributed by atoms with Gasteiger partial charge < -0.3 is 30.1 Å². The number of carbonyl (C=O) groups is 2. The van der Waals surface area contributed by atoms with Crippen molar-refractivity contribution < 1.29 is 24.2 Å². The molecular weight excluding hydrogens is 532 g/mol. The summed E-state index contributed by atoms with van der Waals surface area (Å²) in [7, 11) is 2.09. The van der Waals surface area contributed by atoms with Crippen LogP contribution < -0.4 is 15.4 Å². The third-order valence-corrected chi connectivity index (χ3v) is 7.52. The Balaban J connectivity index is 1.90. The number of rotatable bonds is 8. The topological polar surface area (TPSA) is 103 Å². The number of amides is 3. The number of nitrogens with zero attached hydrogens (tertiary/aromatic N) is 2.